The summed E-state index contributed by atoms with van der Waals surface area (Å²) in [4.78, 5) is 0. The molecule has 2 rings (SSSR count). The van der Waals surface area contributed by atoms with Gasteiger partial charge in [0.05, 0.1) is 6.61 Å². The van der Waals surface area contributed by atoms with Gasteiger partial charge in [-0.3, -0.25) is 0 Å². The van der Waals surface area contributed by atoms with E-state index in [0.29, 0.717) is 24.0 Å². The predicted octanol–water partition coefficient (Wildman–Crippen LogP) is 5.36. The average molecular weight is 411 g/mol. The molecule has 0 aliphatic carbocycles. The lowest BCUT2D eigenvalue weighted by Crippen LogP contribution is -2.13. The molecule has 0 aliphatic heterocycles. The van der Waals surface area contributed by atoms with Crippen LogP contribution < -0.4 is 14.8 Å². The maximum absolute atomic E-state index is 6.18. The van der Waals surface area contributed by atoms with Crippen molar-refractivity contribution in [2.45, 2.75) is 20.1 Å². The standard InChI is InChI=1S/C19H21BrClNO2/c1-3-9-22-12-15-10-18(23-4-2)19(11-16(15)20)24-13-14-7-5-6-8-17(14)21/h3,5-8,10-11,22H,1,4,9,12-13H2,2H3. The highest BCUT2D eigenvalue weighted by atomic mass is 79.9. The van der Waals surface area contributed by atoms with Gasteiger partial charge in [0.1, 0.15) is 6.61 Å². The Morgan fingerprint density at radius 3 is 2.62 bits per heavy atom. The van der Waals surface area contributed by atoms with Crippen LogP contribution in [0.3, 0.4) is 0 Å². The van der Waals surface area contributed by atoms with E-state index in [0.717, 1.165) is 34.4 Å². The summed E-state index contributed by atoms with van der Waals surface area (Å²) in [7, 11) is 0. The van der Waals surface area contributed by atoms with Crippen molar-refractivity contribution >= 4 is 27.5 Å². The molecule has 0 heterocycles. The van der Waals surface area contributed by atoms with E-state index in [9.17, 15) is 0 Å². The molecule has 0 unspecified atom stereocenters. The zero-order valence-corrected chi connectivity index (χ0v) is 16.0. The minimum absolute atomic E-state index is 0.389. The van der Waals surface area contributed by atoms with Gasteiger partial charge in [-0.2, -0.15) is 0 Å². The van der Waals surface area contributed by atoms with E-state index in [-0.39, 0.29) is 0 Å². The molecule has 0 aliphatic rings. The molecule has 0 saturated carbocycles. The first-order chi connectivity index (χ1) is 11.7. The van der Waals surface area contributed by atoms with Crippen LogP contribution in [0.1, 0.15) is 18.1 Å². The topological polar surface area (TPSA) is 30.5 Å². The zero-order chi connectivity index (χ0) is 17.4. The van der Waals surface area contributed by atoms with Crippen molar-refractivity contribution in [3.05, 3.63) is 69.7 Å². The molecule has 128 valence electrons. The Labute approximate surface area is 156 Å². The maximum atomic E-state index is 6.18. The summed E-state index contributed by atoms with van der Waals surface area (Å²) in [6.45, 7) is 8.09. The van der Waals surface area contributed by atoms with Crippen LogP contribution >= 0.6 is 27.5 Å². The summed E-state index contributed by atoms with van der Waals surface area (Å²) in [6.07, 6.45) is 1.83. The summed E-state index contributed by atoms with van der Waals surface area (Å²) < 4.78 is 12.6. The van der Waals surface area contributed by atoms with E-state index in [2.05, 4.69) is 27.8 Å². The number of hydrogen-bond donors (Lipinski definition) is 1. The van der Waals surface area contributed by atoms with Gasteiger partial charge >= 0.3 is 0 Å². The summed E-state index contributed by atoms with van der Waals surface area (Å²) >= 11 is 9.78. The van der Waals surface area contributed by atoms with Crippen molar-refractivity contribution in [1.82, 2.24) is 5.32 Å². The highest BCUT2D eigenvalue weighted by Gasteiger charge is 2.11. The largest absolute Gasteiger partial charge is 0.490 e. The van der Waals surface area contributed by atoms with Crippen molar-refractivity contribution in [3.63, 3.8) is 0 Å². The minimum Gasteiger partial charge on any atom is -0.490 e. The second-order valence-corrected chi connectivity index (χ2v) is 6.38. The lowest BCUT2D eigenvalue weighted by molar-refractivity contribution is 0.269. The second kappa shape index (κ2) is 9.72. The number of benzene rings is 2. The lowest BCUT2D eigenvalue weighted by atomic mass is 10.2. The first kappa shape index (κ1) is 18.8. The Hall–Kier alpha value is -1.49. The zero-order valence-electron chi connectivity index (χ0n) is 13.6. The normalized spacial score (nSPS) is 10.5. The Balaban J connectivity index is 2.17. The Morgan fingerprint density at radius 2 is 1.92 bits per heavy atom. The molecule has 5 heteroatoms. The number of rotatable bonds is 9. The van der Waals surface area contributed by atoms with Gasteiger partial charge in [-0.15, -0.1) is 6.58 Å². The van der Waals surface area contributed by atoms with Crippen LogP contribution in [0.2, 0.25) is 5.02 Å². The van der Waals surface area contributed by atoms with E-state index in [1.165, 1.54) is 0 Å². The van der Waals surface area contributed by atoms with Gasteiger partial charge in [-0.25, -0.2) is 0 Å². The van der Waals surface area contributed by atoms with Gasteiger partial charge in [0, 0.05) is 28.1 Å². The van der Waals surface area contributed by atoms with Crippen molar-refractivity contribution in [1.29, 1.82) is 0 Å². The fraction of sp³-hybridized carbons (Fsp3) is 0.263. The quantitative estimate of drug-likeness (QED) is 0.446. The van der Waals surface area contributed by atoms with Crippen LogP contribution in [0.15, 0.2) is 53.5 Å². The molecule has 0 radical (unpaired) electrons. The maximum Gasteiger partial charge on any atom is 0.162 e. The third kappa shape index (κ3) is 5.26. The SMILES string of the molecule is C=CCNCc1cc(OCC)c(OCc2ccccc2Cl)cc1Br. The highest BCUT2D eigenvalue weighted by molar-refractivity contribution is 9.10. The molecular formula is C19H21BrClNO2. The third-order valence-electron chi connectivity index (χ3n) is 3.36. The van der Waals surface area contributed by atoms with Crippen LogP contribution in [0.5, 0.6) is 11.5 Å². The minimum atomic E-state index is 0.389. The number of hydrogen-bond acceptors (Lipinski definition) is 3. The Kier molecular flexibility index (Phi) is 7.63. The second-order valence-electron chi connectivity index (χ2n) is 5.12. The fourth-order valence-electron chi connectivity index (χ4n) is 2.17. The first-order valence-electron chi connectivity index (χ1n) is 7.78. The molecule has 0 bridgehead atoms. The third-order valence-corrected chi connectivity index (χ3v) is 4.46. The molecule has 0 spiro atoms. The number of halogens is 2. The highest BCUT2D eigenvalue weighted by Crippen LogP contribution is 2.34. The summed E-state index contributed by atoms with van der Waals surface area (Å²) in [5, 5.41) is 3.98. The van der Waals surface area contributed by atoms with Crippen LogP contribution in [0.4, 0.5) is 0 Å². The Bertz CT molecular complexity index is 691. The van der Waals surface area contributed by atoms with Gasteiger partial charge in [0.15, 0.2) is 11.5 Å². The first-order valence-corrected chi connectivity index (χ1v) is 8.95. The molecule has 0 saturated heterocycles. The monoisotopic (exact) mass is 409 g/mol. The van der Waals surface area contributed by atoms with Crippen LogP contribution in [-0.2, 0) is 13.2 Å². The molecule has 24 heavy (non-hydrogen) atoms. The molecule has 0 aromatic heterocycles. The molecule has 0 atom stereocenters. The molecular weight excluding hydrogens is 390 g/mol. The molecule has 2 aromatic carbocycles. The predicted molar refractivity (Wildman–Crippen MR) is 103 cm³/mol. The van der Waals surface area contributed by atoms with Crippen LogP contribution in [0, 0.1) is 0 Å². The molecule has 1 N–H and O–H groups in total. The van der Waals surface area contributed by atoms with Crippen LogP contribution in [-0.4, -0.2) is 13.2 Å². The summed E-state index contributed by atoms with van der Waals surface area (Å²) in [6, 6.07) is 11.6. The van der Waals surface area contributed by atoms with Gasteiger partial charge in [0.25, 0.3) is 0 Å². The Morgan fingerprint density at radius 1 is 1.17 bits per heavy atom. The van der Waals surface area contributed by atoms with Crippen molar-refractivity contribution in [3.8, 4) is 11.5 Å². The smallest absolute Gasteiger partial charge is 0.162 e. The van der Waals surface area contributed by atoms with Gasteiger partial charge < -0.3 is 14.8 Å². The van der Waals surface area contributed by atoms with E-state index >= 15 is 0 Å². The van der Waals surface area contributed by atoms with Crippen molar-refractivity contribution in [2.75, 3.05) is 13.2 Å². The average Bonchev–Trinajstić information content (AvgIpc) is 2.57. The van der Waals surface area contributed by atoms with Gasteiger partial charge in [0.2, 0.25) is 0 Å². The van der Waals surface area contributed by atoms with Gasteiger partial charge in [-0.05, 0) is 30.7 Å². The number of nitrogens with one attached hydrogen (secondary N) is 1. The number of ether oxygens (including phenoxy) is 2. The van der Waals surface area contributed by atoms with E-state index in [1.807, 2.05) is 49.4 Å². The van der Waals surface area contributed by atoms with Gasteiger partial charge in [-0.1, -0.05) is 51.8 Å². The molecule has 3 nitrogen and oxygen atoms in total. The van der Waals surface area contributed by atoms with E-state index < -0.39 is 0 Å². The van der Waals surface area contributed by atoms with E-state index in [1.54, 1.807) is 0 Å². The molecule has 2 aromatic rings. The van der Waals surface area contributed by atoms with Crippen molar-refractivity contribution in [2.24, 2.45) is 0 Å². The van der Waals surface area contributed by atoms with Crippen LogP contribution in [0.25, 0.3) is 0 Å². The molecule has 0 fully saturated rings. The molecule has 0 amide bonds. The fourth-order valence-corrected chi connectivity index (χ4v) is 2.83. The summed E-state index contributed by atoms with van der Waals surface area (Å²) in [5.41, 5.74) is 2.04. The van der Waals surface area contributed by atoms with Crippen molar-refractivity contribution < 1.29 is 9.47 Å². The van der Waals surface area contributed by atoms with E-state index in [4.69, 9.17) is 21.1 Å². The summed E-state index contributed by atoms with van der Waals surface area (Å²) in [5.74, 6) is 1.42. The lowest BCUT2D eigenvalue weighted by Gasteiger charge is -2.15.